The van der Waals surface area contributed by atoms with Gasteiger partial charge in [0.25, 0.3) is 0 Å². The van der Waals surface area contributed by atoms with Crippen molar-refractivity contribution in [3.63, 3.8) is 0 Å². The molecular weight excluding hydrogens is 293 g/mol. The van der Waals surface area contributed by atoms with Gasteiger partial charge < -0.3 is 5.32 Å². The third-order valence-corrected chi connectivity index (χ3v) is 4.19. The van der Waals surface area contributed by atoms with Gasteiger partial charge in [-0.15, -0.1) is 0 Å². The summed E-state index contributed by atoms with van der Waals surface area (Å²) in [6.45, 7) is 1.84. The summed E-state index contributed by atoms with van der Waals surface area (Å²) in [6.07, 6.45) is -2.53. The highest BCUT2D eigenvalue weighted by atomic mass is 19.4. The minimum Gasteiger partial charge on any atom is -0.346 e. The van der Waals surface area contributed by atoms with Gasteiger partial charge >= 0.3 is 6.18 Å². The lowest BCUT2D eigenvalue weighted by atomic mass is 9.89. The van der Waals surface area contributed by atoms with E-state index in [-0.39, 0.29) is 0 Å². The van der Waals surface area contributed by atoms with Crippen molar-refractivity contribution in [2.45, 2.75) is 37.9 Å². The Morgan fingerprint density at radius 3 is 2.41 bits per heavy atom. The van der Waals surface area contributed by atoms with Crippen LogP contribution in [0.3, 0.4) is 0 Å². The van der Waals surface area contributed by atoms with Crippen molar-refractivity contribution in [3.05, 3.63) is 35.9 Å². The SMILES string of the molecule is CC(C(=O)NCC(F)(F)F)N1CCC(c2ccccc2)CC1. The number of nitrogens with zero attached hydrogens (tertiary/aromatic N) is 1. The first kappa shape index (κ1) is 16.8. The Morgan fingerprint density at radius 2 is 1.86 bits per heavy atom. The molecule has 6 heteroatoms. The standard InChI is InChI=1S/C16H21F3N2O/c1-12(15(22)20-11-16(17,18)19)21-9-7-14(8-10-21)13-5-3-2-4-6-13/h2-6,12,14H,7-11H2,1H3,(H,20,22). The molecule has 0 radical (unpaired) electrons. The third-order valence-electron chi connectivity index (χ3n) is 4.19. The molecule has 1 amide bonds. The van der Waals surface area contributed by atoms with E-state index in [0.29, 0.717) is 5.92 Å². The molecular formula is C16H21F3N2O. The minimum absolute atomic E-state index is 0.461. The van der Waals surface area contributed by atoms with Crippen LogP contribution in [0.1, 0.15) is 31.2 Å². The lowest BCUT2D eigenvalue weighted by molar-refractivity contribution is -0.141. The fourth-order valence-corrected chi connectivity index (χ4v) is 2.85. The molecule has 0 saturated carbocycles. The zero-order valence-electron chi connectivity index (χ0n) is 12.6. The highest BCUT2D eigenvalue weighted by molar-refractivity contribution is 5.81. The molecule has 122 valence electrons. The van der Waals surface area contributed by atoms with Gasteiger partial charge in [0, 0.05) is 0 Å². The maximum Gasteiger partial charge on any atom is 0.405 e. The van der Waals surface area contributed by atoms with Crippen LogP contribution in [-0.4, -0.2) is 42.7 Å². The molecule has 0 bridgehead atoms. The number of nitrogens with one attached hydrogen (secondary N) is 1. The lowest BCUT2D eigenvalue weighted by Gasteiger charge is -2.35. The zero-order valence-corrected chi connectivity index (χ0v) is 12.6. The Morgan fingerprint density at radius 1 is 1.27 bits per heavy atom. The normalized spacial score (nSPS) is 18.9. The van der Waals surface area contributed by atoms with Crippen LogP contribution in [0, 0.1) is 0 Å². The number of amides is 1. The summed E-state index contributed by atoms with van der Waals surface area (Å²) in [5.41, 5.74) is 1.29. The van der Waals surface area contributed by atoms with Gasteiger partial charge in [-0.1, -0.05) is 30.3 Å². The number of likely N-dealkylation sites (tertiary alicyclic amines) is 1. The maximum absolute atomic E-state index is 12.1. The van der Waals surface area contributed by atoms with Gasteiger partial charge in [0.05, 0.1) is 6.04 Å². The summed E-state index contributed by atoms with van der Waals surface area (Å²) >= 11 is 0. The van der Waals surface area contributed by atoms with Gasteiger partial charge in [-0.05, 0) is 44.3 Å². The summed E-state index contributed by atoms with van der Waals surface area (Å²) in [5.74, 6) is -0.0987. The number of halogens is 3. The van der Waals surface area contributed by atoms with Crippen LogP contribution in [0.5, 0.6) is 0 Å². The van der Waals surface area contributed by atoms with E-state index in [0.717, 1.165) is 25.9 Å². The molecule has 1 N–H and O–H groups in total. The highest BCUT2D eigenvalue weighted by Gasteiger charge is 2.31. The van der Waals surface area contributed by atoms with Crippen LogP contribution >= 0.6 is 0 Å². The van der Waals surface area contributed by atoms with Crippen molar-refractivity contribution >= 4 is 5.91 Å². The van der Waals surface area contributed by atoms with E-state index in [4.69, 9.17) is 0 Å². The summed E-state index contributed by atoms with van der Waals surface area (Å²) in [6, 6.07) is 9.66. The summed E-state index contributed by atoms with van der Waals surface area (Å²) in [7, 11) is 0. The molecule has 1 aliphatic rings. The number of alkyl halides is 3. The van der Waals surface area contributed by atoms with Crippen LogP contribution < -0.4 is 5.32 Å². The van der Waals surface area contributed by atoms with E-state index in [2.05, 4.69) is 12.1 Å². The number of piperidine rings is 1. The summed E-state index contributed by atoms with van der Waals surface area (Å²) in [4.78, 5) is 13.7. The largest absolute Gasteiger partial charge is 0.405 e. The van der Waals surface area contributed by atoms with E-state index in [9.17, 15) is 18.0 Å². The number of benzene rings is 1. The van der Waals surface area contributed by atoms with Crippen molar-refractivity contribution in [3.8, 4) is 0 Å². The fourth-order valence-electron chi connectivity index (χ4n) is 2.85. The topological polar surface area (TPSA) is 32.3 Å². The minimum atomic E-state index is -4.37. The molecule has 1 saturated heterocycles. The van der Waals surface area contributed by atoms with E-state index in [1.165, 1.54) is 5.56 Å². The second kappa shape index (κ2) is 7.13. The third kappa shape index (κ3) is 4.73. The molecule has 0 spiro atoms. The zero-order chi connectivity index (χ0) is 16.2. The van der Waals surface area contributed by atoms with Gasteiger partial charge in [-0.25, -0.2) is 0 Å². The van der Waals surface area contributed by atoms with Crippen molar-refractivity contribution in [1.82, 2.24) is 10.2 Å². The van der Waals surface area contributed by atoms with E-state index in [1.807, 2.05) is 28.4 Å². The molecule has 1 fully saturated rings. The molecule has 1 atom stereocenters. The molecule has 0 aliphatic carbocycles. The first-order valence-corrected chi connectivity index (χ1v) is 7.50. The van der Waals surface area contributed by atoms with Gasteiger partial charge in [0.2, 0.25) is 5.91 Å². The molecule has 0 aromatic heterocycles. The Labute approximate surface area is 128 Å². The van der Waals surface area contributed by atoms with E-state index < -0.39 is 24.7 Å². The molecule has 1 unspecified atom stereocenters. The predicted molar refractivity (Wildman–Crippen MR) is 78.5 cm³/mol. The number of hydrogen-bond acceptors (Lipinski definition) is 2. The van der Waals surface area contributed by atoms with Crippen molar-refractivity contribution in [2.75, 3.05) is 19.6 Å². The first-order chi connectivity index (χ1) is 10.4. The van der Waals surface area contributed by atoms with Gasteiger partial charge in [-0.3, -0.25) is 9.69 Å². The Hall–Kier alpha value is -1.56. The average molecular weight is 314 g/mol. The number of carbonyl (C=O) groups is 1. The second-order valence-corrected chi connectivity index (χ2v) is 5.73. The monoisotopic (exact) mass is 314 g/mol. The Kier molecular flexibility index (Phi) is 5.45. The first-order valence-electron chi connectivity index (χ1n) is 7.50. The molecule has 2 rings (SSSR count). The molecule has 1 aliphatic heterocycles. The van der Waals surface area contributed by atoms with E-state index in [1.54, 1.807) is 6.92 Å². The quantitative estimate of drug-likeness (QED) is 0.927. The summed E-state index contributed by atoms with van der Waals surface area (Å²) in [5, 5.41) is 1.96. The maximum atomic E-state index is 12.1. The van der Waals surface area contributed by atoms with Crippen molar-refractivity contribution in [2.24, 2.45) is 0 Å². The molecule has 3 nitrogen and oxygen atoms in total. The molecule has 1 aromatic rings. The van der Waals surface area contributed by atoms with Crippen molar-refractivity contribution in [1.29, 1.82) is 0 Å². The Balaban J connectivity index is 1.82. The number of hydrogen-bond donors (Lipinski definition) is 1. The van der Waals surface area contributed by atoms with E-state index >= 15 is 0 Å². The molecule has 1 aromatic carbocycles. The predicted octanol–water partition coefficient (Wildman–Crippen LogP) is 2.93. The van der Waals surface area contributed by atoms with Gasteiger partial charge in [0.1, 0.15) is 6.54 Å². The van der Waals surface area contributed by atoms with Crippen LogP contribution in [-0.2, 0) is 4.79 Å². The second-order valence-electron chi connectivity index (χ2n) is 5.73. The van der Waals surface area contributed by atoms with Gasteiger partial charge in [0.15, 0.2) is 0 Å². The average Bonchev–Trinajstić information content (AvgIpc) is 2.52. The fraction of sp³-hybridized carbons (Fsp3) is 0.562. The summed E-state index contributed by atoms with van der Waals surface area (Å²) < 4.78 is 36.4. The lowest BCUT2D eigenvalue weighted by Crippen LogP contribution is -2.49. The van der Waals surface area contributed by atoms with Crippen LogP contribution in [0.15, 0.2) is 30.3 Å². The van der Waals surface area contributed by atoms with Gasteiger partial charge in [-0.2, -0.15) is 13.2 Å². The molecule has 22 heavy (non-hydrogen) atoms. The molecule has 1 heterocycles. The number of carbonyl (C=O) groups excluding carboxylic acids is 1. The van der Waals surface area contributed by atoms with Crippen LogP contribution in [0.25, 0.3) is 0 Å². The Bertz CT molecular complexity index is 482. The van der Waals surface area contributed by atoms with Crippen LogP contribution in [0.2, 0.25) is 0 Å². The van der Waals surface area contributed by atoms with Crippen LogP contribution in [0.4, 0.5) is 13.2 Å². The highest BCUT2D eigenvalue weighted by Crippen LogP contribution is 2.28. The number of rotatable bonds is 4. The van der Waals surface area contributed by atoms with Crippen molar-refractivity contribution < 1.29 is 18.0 Å². The smallest absolute Gasteiger partial charge is 0.346 e.